The molecular weight excluding hydrogens is 452 g/mol. The number of aliphatic hydroxyl groups excluding tert-OH is 1. The maximum atomic E-state index is 13.5. The van der Waals surface area contributed by atoms with Crippen LogP contribution in [0.4, 0.5) is 0 Å². The van der Waals surface area contributed by atoms with Gasteiger partial charge in [-0.1, -0.05) is 36.4 Å². The lowest BCUT2D eigenvalue weighted by atomic mass is 9.97. The summed E-state index contributed by atoms with van der Waals surface area (Å²) in [5.74, 6) is -1.11. The van der Waals surface area contributed by atoms with E-state index in [0.717, 1.165) is 5.56 Å². The number of thioether (sulfide) groups is 1. The number of rotatable bonds is 9. The monoisotopic (exact) mass is 482 g/mol. The first-order chi connectivity index (χ1) is 16.2. The third-order valence-electron chi connectivity index (χ3n) is 5.67. The lowest BCUT2D eigenvalue weighted by Crippen LogP contribution is -2.58. The van der Waals surface area contributed by atoms with Crippen LogP contribution >= 0.6 is 11.8 Å². The van der Waals surface area contributed by atoms with E-state index in [1.165, 1.54) is 22.9 Å². The fourth-order valence-electron chi connectivity index (χ4n) is 3.88. The number of benzene rings is 1. The van der Waals surface area contributed by atoms with Gasteiger partial charge in [0.1, 0.15) is 6.04 Å². The second-order valence-corrected chi connectivity index (χ2v) is 10.2. The van der Waals surface area contributed by atoms with Gasteiger partial charge in [-0.2, -0.15) is 0 Å². The molecule has 1 unspecified atom stereocenters. The Morgan fingerprint density at radius 3 is 2.65 bits per heavy atom. The molecule has 0 saturated carbocycles. The summed E-state index contributed by atoms with van der Waals surface area (Å²) >= 11 is 1.46. The second kappa shape index (κ2) is 11.3. The van der Waals surface area contributed by atoms with E-state index in [1.54, 1.807) is 24.4 Å². The van der Waals surface area contributed by atoms with E-state index in [1.807, 2.05) is 44.2 Å². The average molecular weight is 483 g/mol. The van der Waals surface area contributed by atoms with Gasteiger partial charge in [0.25, 0.3) is 11.8 Å². The van der Waals surface area contributed by atoms with E-state index in [0.29, 0.717) is 5.56 Å². The van der Waals surface area contributed by atoms with Crippen molar-refractivity contribution < 1.29 is 19.5 Å². The van der Waals surface area contributed by atoms with Crippen LogP contribution in [0.3, 0.4) is 0 Å². The van der Waals surface area contributed by atoms with Crippen LogP contribution in [0.5, 0.6) is 0 Å². The van der Waals surface area contributed by atoms with Crippen molar-refractivity contribution in [2.24, 2.45) is 0 Å². The predicted molar refractivity (Wildman–Crippen MR) is 132 cm³/mol. The van der Waals surface area contributed by atoms with E-state index < -0.39 is 34.7 Å². The Hall–Kier alpha value is -3.17. The fraction of sp³-hybridized carbons (Fsp3) is 0.360. The number of hydrogen-bond donors (Lipinski definition) is 3. The highest BCUT2D eigenvalue weighted by atomic mass is 32.2. The van der Waals surface area contributed by atoms with E-state index >= 15 is 0 Å². The number of carbonyl (C=O) groups excluding carboxylic acids is 3. The van der Waals surface area contributed by atoms with Crippen LogP contribution in [0.15, 0.2) is 67.5 Å². The minimum absolute atomic E-state index is 0.234. The summed E-state index contributed by atoms with van der Waals surface area (Å²) in [4.78, 5) is 44.5. The average Bonchev–Trinajstić information content (AvgIpc) is 3.17. The van der Waals surface area contributed by atoms with Gasteiger partial charge in [0.15, 0.2) is 6.10 Å². The molecular formula is C25H30N4O4S. The fourth-order valence-corrected chi connectivity index (χ4v) is 5.02. The van der Waals surface area contributed by atoms with Crippen molar-refractivity contribution in [3.05, 3.63) is 78.6 Å². The predicted octanol–water partition coefficient (Wildman–Crippen LogP) is 1.77. The van der Waals surface area contributed by atoms with Crippen molar-refractivity contribution in [2.45, 2.75) is 43.2 Å². The molecule has 1 aromatic heterocycles. The zero-order chi connectivity index (χ0) is 24.7. The number of aromatic nitrogens is 1. The van der Waals surface area contributed by atoms with Crippen LogP contribution < -0.4 is 10.6 Å². The van der Waals surface area contributed by atoms with Gasteiger partial charge in [-0.3, -0.25) is 19.4 Å². The van der Waals surface area contributed by atoms with E-state index in [-0.39, 0.29) is 24.7 Å². The zero-order valence-corrected chi connectivity index (χ0v) is 20.1. The molecule has 2 aromatic rings. The number of nitrogens with one attached hydrogen (secondary N) is 2. The van der Waals surface area contributed by atoms with Crippen LogP contribution in [0.1, 0.15) is 29.8 Å². The number of carbonyl (C=O) groups is 3. The molecule has 1 aliphatic heterocycles. The van der Waals surface area contributed by atoms with Gasteiger partial charge in [-0.15, -0.1) is 18.3 Å². The van der Waals surface area contributed by atoms with Gasteiger partial charge < -0.3 is 20.6 Å². The molecule has 3 rings (SSSR count). The maximum Gasteiger partial charge on any atom is 0.254 e. The van der Waals surface area contributed by atoms with Crippen LogP contribution in [-0.2, 0) is 16.0 Å². The van der Waals surface area contributed by atoms with Gasteiger partial charge in [0.05, 0.1) is 17.5 Å². The molecule has 1 fully saturated rings. The SMILES string of the molecule is C=CCNC(=O)C1N(C(=O)[C@@H](O)[C@H](Cc2ccccc2)NC(=O)c2cccnc2)CSC1(C)C. The Kier molecular flexibility index (Phi) is 8.46. The summed E-state index contributed by atoms with van der Waals surface area (Å²) in [7, 11) is 0. The smallest absolute Gasteiger partial charge is 0.254 e. The molecule has 3 atom stereocenters. The van der Waals surface area contributed by atoms with Gasteiger partial charge in [0, 0.05) is 23.7 Å². The lowest BCUT2D eigenvalue weighted by molar-refractivity contribution is -0.147. The van der Waals surface area contributed by atoms with Crippen LogP contribution in [0.25, 0.3) is 0 Å². The number of hydrogen-bond acceptors (Lipinski definition) is 6. The van der Waals surface area contributed by atoms with E-state index in [9.17, 15) is 19.5 Å². The Labute approximate surface area is 203 Å². The molecule has 180 valence electrons. The molecule has 9 heteroatoms. The molecule has 34 heavy (non-hydrogen) atoms. The van der Waals surface area contributed by atoms with Gasteiger partial charge in [-0.25, -0.2) is 0 Å². The van der Waals surface area contributed by atoms with Crippen LogP contribution in [0, 0.1) is 0 Å². The van der Waals surface area contributed by atoms with E-state index in [2.05, 4.69) is 22.2 Å². The largest absolute Gasteiger partial charge is 0.381 e. The molecule has 0 aliphatic carbocycles. The highest BCUT2D eigenvalue weighted by Gasteiger charge is 2.49. The van der Waals surface area contributed by atoms with Crippen molar-refractivity contribution in [3.8, 4) is 0 Å². The van der Waals surface area contributed by atoms with Gasteiger partial charge >= 0.3 is 0 Å². The van der Waals surface area contributed by atoms with Crippen molar-refractivity contribution in [1.29, 1.82) is 0 Å². The first-order valence-electron chi connectivity index (χ1n) is 11.0. The Balaban J connectivity index is 1.84. The summed E-state index contributed by atoms with van der Waals surface area (Å²) < 4.78 is -0.547. The van der Waals surface area contributed by atoms with Crippen LogP contribution in [-0.4, -0.2) is 68.1 Å². The highest BCUT2D eigenvalue weighted by Crippen LogP contribution is 2.39. The maximum absolute atomic E-state index is 13.5. The zero-order valence-electron chi connectivity index (χ0n) is 19.3. The molecule has 3 N–H and O–H groups in total. The quantitative estimate of drug-likeness (QED) is 0.470. The van der Waals surface area contributed by atoms with Gasteiger partial charge in [0.2, 0.25) is 5.91 Å². The van der Waals surface area contributed by atoms with Crippen LogP contribution in [0.2, 0.25) is 0 Å². The van der Waals surface area contributed by atoms with Crippen molar-refractivity contribution >= 4 is 29.5 Å². The number of nitrogens with zero attached hydrogens (tertiary/aromatic N) is 2. The summed E-state index contributed by atoms with van der Waals surface area (Å²) in [5, 5.41) is 16.7. The molecule has 1 aromatic carbocycles. The molecule has 2 heterocycles. The summed E-state index contributed by atoms with van der Waals surface area (Å²) in [6, 6.07) is 10.9. The summed E-state index contributed by atoms with van der Waals surface area (Å²) in [6.45, 7) is 7.66. The topological polar surface area (TPSA) is 112 Å². The molecule has 0 radical (unpaired) electrons. The third kappa shape index (κ3) is 6.03. The molecule has 0 spiro atoms. The number of pyridine rings is 1. The Morgan fingerprint density at radius 1 is 1.26 bits per heavy atom. The minimum atomic E-state index is -1.55. The number of aliphatic hydroxyl groups is 1. The normalized spacial score (nSPS) is 18.6. The Bertz CT molecular complexity index is 1020. The molecule has 0 bridgehead atoms. The van der Waals surface area contributed by atoms with Crippen molar-refractivity contribution in [1.82, 2.24) is 20.5 Å². The molecule has 8 nitrogen and oxygen atoms in total. The molecule has 1 aliphatic rings. The summed E-state index contributed by atoms with van der Waals surface area (Å²) in [6.07, 6.45) is 3.23. The third-order valence-corrected chi connectivity index (χ3v) is 7.05. The lowest BCUT2D eigenvalue weighted by Gasteiger charge is -2.33. The Morgan fingerprint density at radius 2 is 2.00 bits per heavy atom. The highest BCUT2D eigenvalue weighted by molar-refractivity contribution is 8.00. The first-order valence-corrected chi connectivity index (χ1v) is 12.0. The second-order valence-electron chi connectivity index (χ2n) is 8.58. The van der Waals surface area contributed by atoms with E-state index in [4.69, 9.17) is 0 Å². The standard InChI is InChI=1S/C25H30N4O4S/c1-4-12-27-23(32)21-25(2,3)34-16-29(21)24(33)20(30)19(14-17-9-6-5-7-10-17)28-22(31)18-11-8-13-26-15-18/h4-11,13,15,19-21,30H,1,12,14,16H2,2-3H3,(H,27,32)(H,28,31)/t19-,20-,21?/m0/s1. The minimum Gasteiger partial charge on any atom is -0.381 e. The number of amides is 3. The van der Waals surface area contributed by atoms with Gasteiger partial charge in [-0.05, 0) is 38.0 Å². The van der Waals surface area contributed by atoms with Crippen molar-refractivity contribution in [3.63, 3.8) is 0 Å². The molecule has 3 amide bonds. The summed E-state index contributed by atoms with van der Waals surface area (Å²) in [5.41, 5.74) is 1.17. The van der Waals surface area contributed by atoms with Crippen molar-refractivity contribution in [2.75, 3.05) is 12.4 Å². The first kappa shape index (κ1) is 25.5. The molecule has 1 saturated heterocycles.